The first-order chi connectivity index (χ1) is 12.4. The molecule has 2 unspecified atom stereocenters. The largest absolute Gasteiger partial charge is 0.381 e. The summed E-state index contributed by atoms with van der Waals surface area (Å²) in [5, 5.41) is 0. The summed E-state index contributed by atoms with van der Waals surface area (Å²) in [5.74, 6) is 1.66. The van der Waals surface area contributed by atoms with Gasteiger partial charge in [-0.3, -0.25) is 4.79 Å². The van der Waals surface area contributed by atoms with Gasteiger partial charge in [0.05, 0.1) is 6.10 Å². The van der Waals surface area contributed by atoms with Crippen molar-refractivity contribution in [2.45, 2.75) is 104 Å². The van der Waals surface area contributed by atoms with Gasteiger partial charge in [0.1, 0.15) is 5.78 Å². The van der Waals surface area contributed by atoms with Crippen molar-refractivity contribution in [2.75, 3.05) is 7.11 Å². The lowest BCUT2D eigenvalue weighted by atomic mass is 9.85. The molecule has 2 heteroatoms. The fourth-order valence-electron chi connectivity index (χ4n) is 4.02. The van der Waals surface area contributed by atoms with Gasteiger partial charge in [-0.2, -0.15) is 0 Å². The Morgan fingerprint density at radius 2 is 1.96 bits per heavy atom. The second-order valence-corrected chi connectivity index (χ2v) is 8.54. The molecule has 0 amide bonds. The first-order valence-corrected chi connectivity index (χ1v) is 10.8. The van der Waals surface area contributed by atoms with E-state index in [4.69, 9.17) is 4.74 Å². The third-order valence-corrected chi connectivity index (χ3v) is 5.71. The van der Waals surface area contributed by atoms with E-state index in [0.29, 0.717) is 30.1 Å². The van der Waals surface area contributed by atoms with Gasteiger partial charge in [0.2, 0.25) is 0 Å². The van der Waals surface area contributed by atoms with Crippen molar-refractivity contribution in [3.05, 3.63) is 23.3 Å². The van der Waals surface area contributed by atoms with Crippen LogP contribution in [0.4, 0.5) is 0 Å². The summed E-state index contributed by atoms with van der Waals surface area (Å²) in [5.41, 5.74) is 2.86. The minimum atomic E-state index is 0.393. The topological polar surface area (TPSA) is 26.3 Å². The molecule has 0 N–H and O–H groups in total. The molecule has 0 spiro atoms. The Morgan fingerprint density at radius 3 is 2.65 bits per heavy atom. The second kappa shape index (κ2) is 13.3. The molecular formula is C24H42O2. The molecule has 1 fully saturated rings. The van der Waals surface area contributed by atoms with Crippen molar-refractivity contribution in [3.8, 4) is 0 Å². The standard InChI is InChI=1S/C24H42O2/c1-6-7-9-19(2)12-14-23(25)15-13-20(3)16-21(4)17-22-10-8-11-24(18-22)26-5/h12,17,20,22,24H,6-11,13-16,18H2,1-5H3/b19-12+,21-17+/t20-,22?,24?/m1/s1. The predicted octanol–water partition coefficient (Wildman–Crippen LogP) is 7.04. The number of hydrogen-bond acceptors (Lipinski definition) is 2. The maximum absolute atomic E-state index is 12.1. The number of carbonyl (C=O) groups excluding carboxylic acids is 1. The zero-order valence-corrected chi connectivity index (χ0v) is 18.0. The monoisotopic (exact) mass is 362 g/mol. The minimum Gasteiger partial charge on any atom is -0.381 e. The van der Waals surface area contributed by atoms with Crippen LogP contribution >= 0.6 is 0 Å². The summed E-state index contributed by atoms with van der Waals surface area (Å²) in [6, 6.07) is 0. The van der Waals surface area contributed by atoms with Crippen LogP contribution in [-0.2, 0) is 9.53 Å². The summed E-state index contributed by atoms with van der Waals surface area (Å²) < 4.78 is 5.54. The highest BCUT2D eigenvalue weighted by molar-refractivity contribution is 5.79. The predicted molar refractivity (Wildman–Crippen MR) is 112 cm³/mol. The number of unbranched alkanes of at least 4 members (excludes halogenated alkanes) is 1. The quantitative estimate of drug-likeness (QED) is 0.348. The van der Waals surface area contributed by atoms with E-state index in [1.165, 1.54) is 49.7 Å². The summed E-state index contributed by atoms with van der Waals surface area (Å²) in [4.78, 5) is 12.1. The van der Waals surface area contributed by atoms with Crippen molar-refractivity contribution in [2.24, 2.45) is 11.8 Å². The van der Waals surface area contributed by atoms with Crippen LogP contribution in [0.15, 0.2) is 23.3 Å². The van der Waals surface area contributed by atoms with Crippen molar-refractivity contribution >= 4 is 5.78 Å². The van der Waals surface area contributed by atoms with E-state index in [-0.39, 0.29) is 0 Å². The van der Waals surface area contributed by atoms with Gasteiger partial charge in [0.25, 0.3) is 0 Å². The van der Waals surface area contributed by atoms with Gasteiger partial charge >= 0.3 is 0 Å². The molecule has 26 heavy (non-hydrogen) atoms. The number of ketones is 1. The molecule has 1 saturated carbocycles. The maximum Gasteiger partial charge on any atom is 0.136 e. The molecule has 2 nitrogen and oxygen atoms in total. The van der Waals surface area contributed by atoms with Crippen molar-refractivity contribution < 1.29 is 9.53 Å². The van der Waals surface area contributed by atoms with Crippen LogP contribution in [0.1, 0.15) is 98.3 Å². The molecule has 1 rings (SSSR count). The van der Waals surface area contributed by atoms with E-state index in [0.717, 1.165) is 25.7 Å². The SMILES string of the molecule is CCCC/C(C)=C/CC(=O)CC[C@@H](C)C/C(C)=C/C1CCCC(OC)C1. The first-order valence-electron chi connectivity index (χ1n) is 10.8. The molecule has 0 aromatic rings. The smallest absolute Gasteiger partial charge is 0.136 e. The number of rotatable bonds is 12. The molecule has 1 aliphatic rings. The molecule has 0 aromatic carbocycles. The second-order valence-electron chi connectivity index (χ2n) is 8.54. The summed E-state index contributed by atoms with van der Waals surface area (Å²) >= 11 is 0. The third kappa shape index (κ3) is 10.3. The van der Waals surface area contributed by atoms with Crippen LogP contribution in [0.5, 0.6) is 0 Å². The molecular weight excluding hydrogens is 320 g/mol. The molecule has 1 aliphatic carbocycles. The Morgan fingerprint density at radius 1 is 1.19 bits per heavy atom. The van der Waals surface area contributed by atoms with Gasteiger partial charge in [-0.25, -0.2) is 0 Å². The maximum atomic E-state index is 12.1. The van der Waals surface area contributed by atoms with Crippen molar-refractivity contribution in [1.82, 2.24) is 0 Å². The fraction of sp³-hybridized carbons (Fsp3) is 0.792. The molecule has 0 bridgehead atoms. The van der Waals surface area contributed by atoms with Gasteiger partial charge in [0, 0.05) is 20.0 Å². The van der Waals surface area contributed by atoms with E-state index in [2.05, 4.69) is 39.8 Å². The molecule has 0 radical (unpaired) electrons. The van der Waals surface area contributed by atoms with Gasteiger partial charge in [-0.1, -0.05) is 50.0 Å². The summed E-state index contributed by atoms with van der Waals surface area (Å²) in [7, 11) is 1.84. The first kappa shape index (κ1) is 23.1. The summed E-state index contributed by atoms with van der Waals surface area (Å²) in [6.45, 7) is 8.90. The minimum absolute atomic E-state index is 0.393. The Balaban J connectivity index is 2.29. The van der Waals surface area contributed by atoms with Crippen LogP contribution in [0.3, 0.4) is 0 Å². The van der Waals surface area contributed by atoms with Gasteiger partial charge < -0.3 is 4.74 Å². The van der Waals surface area contributed by atoms with E-state index >= 15 is 0 Å². The van der Waals surface area contributed by atoms with E-state index in [1.54, 1.807) is 0 Å². The number of allylic oxidation sites excluding steroid dienone is 4. The Bertz CT molecular complexity index is 461. The van der Waals surface area contributed by atoms with Crippen LogP contribution in [0, 0.1) is 11.8 Å². The van der Waals surface area contributed by atoms with Crippen LogP contribution < -0.4 is 0 Å². The number of ether oxygens (including phenoxy) is 1. The third-order valence-electron chi connectivity index (χ3n) is 5.71. The molecule has 3 atom stereocenters. The van der Waals surface area contributed by atoms with Crippen LogP contribution in [0.2, 0.25) is 0 Å². The number of hydrogen-bond donors (Lipinski definition) is 0. The van der Waals surface area contributed by atoms with Crippen LogP contribution in [-0.4, -0.2) is 19.0 Å². The molecule has 0 aliphatic heterocycles. The van der Waals surface area contributed by atoms with E-state index < -0.39 is 0 Å². The van der Waals surface area contributed by atoms with Gasteiger partial charge in [-0.05, 0) is 70.6 Å². The highest BCUT2D eigenvalue weighted by atomic mass is 16.5. The van der Waals surface area contributed by atoms with Gasteiger partial charge in [-0.15, -0.1) is 0 Å². The lowest BCUT2D eigenvalue weighted by molar-refractivity contribution is -0.118. The average molecular weight is 363 g/mol. The van der Waals surface area contributed by atoms with Crippen molar-refractivity contribution in [1.29, 1.82) is 0 Å². The Hall–Kier alpha value is -0.890. The lowest BCUT2D eigenvalue weighted by Gasteiger charge is -2.27. The zero-order chi connectivity index (χ0) is 19.4. The fourth-order valence-corrected chi connectivity index (χ4v) is 4.02. The normalized spacial score (nSPS) is 23.1. The molecule has 150 valence electrons. The van der Waals surface area contributed by atoms with E-state index in [1.807, 2.05) is 7.11 Å². The van der Waals surface area contributed by atoms with Gasteiger partial charge in [0.15, 0.2) is 0 Å². The van der Waals surface area contributed by atoms with Crippen molar-refractivity contribution in [3.63, 3.8) is 0 Å². The molecule has 0 saturated heterocycles. The summed E-state index contributed by atoms with van der Waals surface area (Å²) in [6.07, 6.45) is 17.1. The Kier molecular flexibility index (Phi) is 11.8. The van der Waals surface area contributed by atoms with Crippen LogP contribution in [0.25, 0.3) is 0 Å². The zero-order valence-electron chi connectivity index (χ0n) is 18.0. The molecule has 0 heterocycles. The number of methoxy groups -OCH3 is 1. The highest BCUT2D eigenvalue weighted by Gasteiger charge is 2.20. The highest BCUT2D eigenvalue weighted by Crippen LogP contribution is 2.29. The average Bonchev–Trinajstić information content (AvgIpc) is 2.62. The van der Waals surface area contributed by atoms with E-state index in [9.17, 15) is 4.79 Å². The number of carbonyl (C=O) groups is 1. The lowest BCUT2D eigenvalue weighted by Crippen LogP contribution is -2.20. The molecule has 0 aromatic heterocycles. The Labute approximate surface area is 162 Å². The number of Topliss-reactive ketones (excluding diaryl/α,β-unsaturated/α-hetero) is 1.